The number of amides is 1. The number of benzene rings is 2. The van der Waals surface area contributed by atoms with Gasteiger partial charge in [-0.25, -0.2) is 9.79 Å². The monoisotopic (exact) mass is 410 g/mol. The maximum Gasteiger partial charge on any atom is 0.411 e. The Bertz CT molecular complexity index is 848. The predicted octanol–water partition coefficient (Wildman–Crippen LogP) is 3.91. The number of anilines is 1. The molecule has 0 atom stereocenters. The van der Waals surface area contributed by atoms with E-state index in [-0.39, 0.29) is 0 Å². The Labute approximate surface area is 177 Å². The highest BCUT2D eigenvalue weighted by Crippen LogP contribution is 2.30. The van der Waals surface area contributed by atoms with Gasteiger partial charge in [-0.1, -0.05) is 30.3 Å². The van der Waals surface area contributed by atoms with E-state index in [0.717, 1.165) is 41.9 Å². The Morgan fingerprint density at radius 1 is 1.10 bits per heavy atom. The molecule has 0 bridgehead atoms. The summed E-state index contributed by atoms with van der Waals surface area (Å²) in [6.07, 6.45) is 2.06. The smallest absolute Gasteiger partial charge is 0.411 e. The molecule has 0 heterocycles. The summed E-state index contributed by atoms with van der Waals surface area (Å²) in [7, 11) is 1.34. The zero-order valence-corrected chi connectivity index (χ0v) is 17.6. The highest BCUT2D eigenvalue weighted by molar-refractivity contribution is 5.84. The van der Waals surface area contributed by atoms with Crippen molar-refractivity contribution < 1.29 is 14.3 Å². The van der Waals surface area contributed by atoms with E-state index in [4.69, 9.17) is 4.74 Å². The van der Waals surface area contributed by atoms with Crippen LogP contribution in [0.2, 0.25) is 0 Å². The first kappa shape index (κ1) is 21.5. The van der Waals surface area contributed by atoms with E-state index in [1.165, 1.54) is 20.0 Å². The molecule has 2 aromatic rings. The van der Waals surface area contributed by atoms with Crippen molar-refractivity contribution in [2.45, 2.75) is 32.9 Å². The lowest BCUT2D eigenvalue weighted by atomic mass is 10.2. The van der Waals surface area contributed by atoms with Gasteiger partial charge in [-0.15, -0.1) is 0 Å². The van der Waals surface area contributed by atoms with Crippen molar-refractivity contribution in [1.29, 1.82) is 0 Å². The average Bonchev–Trinajstić information content (AvgIpc) is 3.60. The largest absolute Gasteiger partial charge is 0.493 e. The molecule has 3 N–H and O–H groups in total. The van der Waals surface area contributed by atoms with Crippen molar-refractivity contribution in [3.8, 4) is 5.75 Å². The maximum atomic E-state index is 11.3. The fraction of sp³-hybridized carbons (Fsp3) is 0.391. The molecule has 7 nitrogen and oxygen atoms in total. The van der Waals surface area contributed by atoms with Crippen LogP contribution in [0.1, 0.15) is 30.9 Å². The number of guanidine groups is 1. The van der Waals surface area contributed by atoms with Gasteiger partial charge in [-0.3, -0.25) is 5.32 Å². The van der Waals surface area contributed by atoms with Crippen molar-refractivity contribution in [3.05, 3.63) is 59.7 Å². The molecule has 0 spiro atoms. The summed E-state index contributed by atoms with van der Waals surface area (Å²) in [6, 6.07) is 15.6. The normalized spacial score (nSPS) is 13.5. The third-order valence-corrected chi connectivity index (χ3v) is 4.74. The van der Waals surface area contributed by atoms with Crippen LogP contribution < -0.4 is 20.7 Å². The summed E-state index contributed by atoms with van der Waals surface area (Å²) < 4.78 is 10.6. The van der Waals surface area contributed by atoms with Crippen LogP contribution in [-0.2, 0) is 17.8 Å². The number of hydrogen-bond donors (Lipinski definition) is 3. The van der Waals surface area contributed by atoms with E-state index in [0.29, 0.717) is 18.8 Å². The van der Waals surface area contributed by atoms with Gasteiger partial charge in [0.15, 0.2) is 5.96 Å². The van der Waals surface area contributed by atoms with E-state index in [9.17, 15) is 4.79 Å². The first-order valence-corrected chi connectivity index (χ1v) is 10.3. The molecule has 30 heavy (non-hydrogen) atoms. The van der Waals surface area contributed by atoms with Crippen molar-refractivity contribution in [1.82, 2.24) is 10.6 Å². The Morgan fingerprint density at radius 2 is 1.87 bits per heavy atom. The van der Waals surface area contributed by atoms with Crippen molar-refractivity contribution in [2.24, 2.45) is 10.9 Å². The highest BCUT2D eigenvalue weighted by Gasteiger charge is 2.22. The summed E-state index contributed by atoms with van der Waals surface area (Å²) in [5, 5.41) is 9.29. The van der Waals surface area contributed by atoms with Gasteiger partial charge >= 0.3 is 6.09 Å². The Balaban J connectivity index is 1.56. The molecule has 7 heteroatoms. The predicted molar refractivity (Wildman–Crippen MR) is 119 cm³/mol. The highest BCUT2D eigenvalue weighted by atomic mass is 16.5. The Morgan fingerprint density at radius 3 is 2.57 bits per heavy atom. The number of methoxy groups -OCH3 is 1. The van der Waals surface area contributed by atoms with Gasteiger partial charge in [0, 0.05) is 24.3 Å². The molecular formula is C23H30N4O3. The van der Waals surface area contributed by atoms with Crippen LogP contribution in [0.15, 0.2) is 53.5 Å². The van der Waals surface area contributed by atoms with Gasteiger partial charge in [-0.2, -0.15) is 0 Å². The van der Waals surface area contributed by atoms with Crippen LogP contribution in [0.3, 0.4) is 0 Å². The summed E-state index contributed by atoms with van der Waals surface area (Å²) in [5.74, 6) is 2.40. The quantitative estimate of drug-likeness (QED) is 0.431. The van der Waals surface area contributed by atoms with Crippen molar-refractivity contribution in [3.63, 3.8) is 0 Å². The van der Waals surface area contributed by atoms with Gasteiger partial charge in [-0.05, 0) is 49.4 Å². The molecule has 2 aromatic carbocycles. The second-order valence-electron chi connectivity index (χ2n) is 7.22. The fourth-order valence-electron chi connectivity index (χ4n) is 2.84. The number of nitrogens with zero attached hydrogens (tertiary/aromatic N) is 1. The first-order valence-electron chi connectivity index (χ1n) is 10.3. The van der Waals surface area contributed by atoms with Crippen LogP contribution >= 0.6 is 0 Å². The standard InChI is InChI=1S/C23H30N4O3/c1-3-24-22(25-14-17-10-12-20(13-11-17)27-23(28)29-2)26-15-19-6-4-5-7-21(19)30-16-18-8-9-18/h4-7,10-13,18H,3,8-9,14-16H2,1-2H3,(H,27,28)(H2,24,25,26). The molecule has 0 saturated heterocycles. The second-order valence-corrected chi connectivity index (χ2v) is 7.22. The van der Waals surface area contributed by atoms with Crippen LogP contribution in [0, 0.1) is 5.92 Å². The maximum absolute atomic E-state index is 11.3. The van der Waals surface area contributed by atoms with Gasteiger partial charge in [0.25, 0.3) is 0 Å². The summed E-state index contributed by atoms with van der Waals surface area (Å²) in [5.41, 5.74) is 2.83. The minimum atomic E-state index is -0.485. The van der Waals surface area contributed by atoms with Crippen LogP contribution in [0.25, 0.3) is 0 Å². The molecule has 0 aliphatic heterocycles. The number of carbonyl (C=O) groups is 1. The lowest BCUT2D eigenvalue weighted by Gasteiger charge is -2.14. The first-order chi connectivity index (χ1) is 14.7. The van der Waals surface area contributed by atoms with E-state index in [1.807, 2.05) is 49.4 Å². The molecule has 160 valence electrons. The minimum absolute atomic E-state index is 0.485. The molecule has 0 aromatic heterocycles. The van der Waals surface area contributed by atoms with Gasteiger partial charge in [0.1, 0.15) is 5.75 Å². The average molecular weight is 411 g/mol. The SMILES string of the molecule is CCNC(=NCc1ccc(NC(=O)OC)cc1)NCc1ccccc1OCC1CC1. The van der Waals surface area contributed by atoms with E-state index in [2.05, 4.69) is 31.7 Å². The van der Waals surface area contributed by atoms with E-state index >= 15 is 0 Å². The Hall–Kier alpha value is -3.22. The summed E-state index contributed by atoms with van der Waals surface area (Å²) in [4.78, 5) is 15.9. The lowest BCUT2D eigenvalue weighted by molar-refractivity contribution is 0.187. The third kappa shape index (κ3) is 6.99. The van der Waals surface area contributed by atoms with Crippen molar-refractivity contribution in [2.75, 3.05) is 25.6 Å². The van der Waals surface area contributed by atoms with Gasteiger partial charge in [0.2, 0.25) is 0 Å². The number of rotatable bonds is 9. The molecule has 1 aliphatic carbocycles. The number of hydrogen-bond acceptors (Lipinski definition) is 4. The van der Waals surface area contributed by atoms with Crippen LogP contribution in [-0.4, -0.2) is 32.3 Å². The van der Waals surface area contributed by atoms with Crippen LogP contribution in [0.5, 0.6) is 5.75 Å². The topological polar surface area (TPSA) is 84.0 Å². The molecule has 0 unspecified atom stereocenters. The molecule has 1 saturated carbocycles. The minimum Gasteiger partial charge on any atom is -0.493 e. The number of aliphatic imine (C=N–C) groups is 1. The van der Waals surface area contributed by atoms with Crippen molar-refractivity contribution >= 4 is 17.7 Å². The molecule has 1 amide bonds. The molecule has 0 radical (unpaired) electrons. The number of para-hydroxylation sites is 1. The zero-order valence-electron chi connectivity index (χ0n) is 17.6. The molecule has 1 aliphatic rings. The van der Waals surface area contributed by atoms with Crippen LogP contribution in [0.4, 0.5) is 10.5 Å². The van der Waals surface area contributed by atoms with Gasteiger partial charge in [0.05, 0.1) is 20.3 Å². The number of nitrogens with one attached hydrogen (secondary N) is 3. The number of carbonyl (C=O) groups excluding carboxylic acids is 1. The second kappa shape index (κ2) is 11.1. The van der Waals surface area contributed by atoms with E-state index < -0.39 is 6.09 Å². The van der Waals surface area contributed by atoms with Gasteiger partial charge < -0.3 is 20.1 Å². The van der Waals surface area contributed by atoms with E-state index in [1.54, 1.807) is 0 Å². The molecule has 1 fully saturated rings. The summed E-state index contributed by atoms with van der Waals surface area (Å²) in [6.45, 7) is 4.76. The summed E-state index contributed by atoms with van der Waals surface area (Å²) >= 11 is 0. The zero-order chi connectivity index (χ0) is 21.2. The molecule has 3 rings (SSSR count). The number of ether oxygens (including phenoxy) is 2. The molecular weight excluding hydrogens is 380 g/mol. The fourth-order valence-corrected chi connectivity index (χ4v) is 2.84. The third-order valence-electron chi connectivity index (χ3n) is 4.74. The Kier molecular flexibility index (Phi) is 7.94. The lowest BCUT2D eigenvalue weighted by Crippen LogP contribution is -2.36.